The molecule has 4 heteroatoms. The van der Waals surface area contributed by atoms with Crippen LogP contribution >= 0.6 is 15.9 Å². The fraction of sp³-hybridized carbons (Fsp3) is 0.500. The van der Waals surface area contributed by atoms with Gasteiger partial charge in [-0.2, -0.15) is 0 Å². The van der Waals surface area contributed by atoms with Gasteiger partial charge in [-0.3, -0.25) is 4.79 Å². The molecular formula is C14H18BrNO2. The molecule has 0 amide bonds. The topological polar surface area (TPSA) is 29.5 Å². The Balaban J connectivity index is 2.17. The van der Waals surface area contributed by atoms with E-state index in [-0.39, 0.29) is 11.7 Å². The number of halogens is 1. The maximum atomic E-state index is 12.4. The number of ketones is 1. The Bertz CT molecular complexity index is 443. The summed E-state index contributed by atoms with van der Waals surface area (Å²) >= 11 is 3.40. The summed E-state index contributed by atoms with van der Waals surface area (Å²) in [5.41, 5.74) is 0.702. The molecular weight excluding hydrogens is 294 g/mol. The predicted octanol–water partition coefficient (Wildman–Crippen LogP) is 2.98. The van der Waals surface area contributed by atoms with Crippen molar-refractivity contribution in [1.82, 2.24) is 4.90 Å². The molecule has 0 spiro atoms. The average molecular weight is 312 g/mol. The van der Waals surface area contributed by atoms with E-state index in [1.165, 1.54) is 0 Å². The number of hydrogen-bond donors (Lipinski definition) is 0. The first-order valence-electron chi connectivity index (χ1n) is 6.34. The van der Waals surface area contributed by atoms with Crippen LogP contribution < -0.4 is 4.74 Å². The Kier molecular flexibility index (Phi) is 4.40. The Morgan fingerprint density at radius 2 is 2.11 bits per heavy atom. The van der Waals surface area contributed by atoms with Gasteiger partial charge in [0, 0.05) is 11.0 Å². The van der Waals surface area contributed by atoms with Crippen molar-refractivity contribution < 1.29 is 9.53 Å². The molecule has 0 N–H and O–H groups in total. The monoisotopic (exact) mass is 311 g/mol. The summed E-state index contributed by atoms with van der Waals surface area (Å²) in [7, 11) is 0. The lowest BCUT2D eigenvalue weighted by Crippen LogP contribution is -2.38. The lowest BCUT2D eigenvalue weighted by Gasteiger charge is -2.28. The van der Waals surface area contributed by atoms with Crippen LogP contribution in [0, 0.1) is 5.92 Å². The van der Waals surface area contributed by atoms with Crippen molar-refractivity contribution in [2.24, 2.45) is 5.92 Å². The Morgan fingerprint density at radius 1 is 1.39 bits per heavy atom. The van der Waals surface area contributed by atoms with Gasteiger partial charge in [0.15, 0.2) is 5.78 Å². The zero-order valence-corrected chi connectivity index (χ0v) is 12.4. The molecule has 1 aliphatic heterocycles. The zero-order valence-electron chi connectivity index (χ0n) is 10.8. The highest BCUT2D eigenvalue weighted by atomic mass is 79.9. The first-order chi connectivity index (χ1) is 8.65. The second kappa shape index (κ2) is 5.85. The van der Waals surface area contributed by atoms with Gasteiger partial charge in [0.1, 0.15) is 5.75 Å². The first kappa shape index (κ1) is 13.6. The largest absolute Gasteiger partial charge is 0.492 e. The van der Waals surface area contributed by atoms with Gasteiger partial charge in [0.25, 0.3) is 0 Å². The number of hydrogen-bond acceptors (Lipinski definition) is 3. The smallest absolute Gasteiger partial charge is 0.174 e. The van der Waals surface area contributed by atoms with Crippen LogP contribution in [0.2, 0.25) is 0 Å². The molecule has 98 valence electrons. The van der Waals surface area contributed by atoms with Gasteiger partial charge < -0.3 is 9.64 Å². The van der Waals surface area contributed by atoms with Crippen LogP contribution in [0.15, 0.2) is 22.7 Å². The quantitative estimate of drug-likeness (QED) is 0.856. The van der Waals surface area contributed by atoms with Gasteiger partial charge >= 0.3 is 0 Å². The second-order valence-electron chi connectivity index (χ2n) is 4.50. The number of ether oxygens (including phenoxy) is 1. The van der Waals surface area contributed by atoms with E-state index >= 15 is 0 Å². The van der Waals surface area contributed by atoms with Crippen molar-refractivity contribution in [1.29, 1.82) is 0 Å². The van der Waals surface area contributed by atoms with Crippen molar-refractivity contribution in [2.75, 3.05) is 26.2 Å². The summed E-state index contributed by atoms with van der Waals surface area (Å²) in [5, 5.41) is 0. The van der Waals surface area contributed by atoms with Gasteiger partial charge in [-0.25, -0.2) is 0 Å². The van der Waals surface area contributed by atoms with Crippen LogP contribution in [0.3, 0.4) is 0 Å². The van der Waals surface area contributed by atoms with E-state index in [9.17, 15) is 4.79 Å². The van der Waals surface area contributed by atoms with E-state index in [0.717, 1.165) is 24.1 Å². The molecule has 3 nitrogen and oxygen atoms in total. The Labute approximate surface area is 116 Å². The zero-order chi connectivity index (χ0) is 13.1. The summed E-state index contributed by atoms with van der Waals surface area (Å²) in [6, 6.07) is 5.60. The van der Waals surface area contributed by atoms with E-state index in [1.54, 1.807) is 0 Å². The third-order valence-corrected chi connectivity index (χ3v) is 3.88. The number of fused-ring (bicyclic) bond motifs is 1. The highest BCUT2D eigenvalue weighted by Gasteiger charge is 2.29. The minimum absolute atomic E-state index is 0.0494. The van der Waals surface area contributed by atoms with Crippen molar-refractivity contribution in [2.45, 2.75) is 13.8 Å². The van der Waals surface area contributed by atoms with Crippen molar-refractivity contribution in [3.63, 3.8) is 0 Å². The molecule has 18 heavy (non-hydrogen) atoms. The summed E-state index contributed by atoms with van der Waals surface area (Å²) in [4.78, 5) is 14.7. The van der Waals surface area contributed by atoms with Crippen LogP contribution in [-0.4, -0.2) is 36.9 Å². The molecule has 1 aliphatic rings. The minimum Gasteiger partial charge on any atom is -0.492 e. The van der Waals surface area contributed by atoms with Crippen LogP contribution in [0.4, 0.5) is 0 Å². The molecule has 0 radical (unpaired) electrons. The average Bonchev–Trinajstić information content (AvgIpc) is 2.39. The number of carbonyl (C=O) groups excluding carboxylic acids is 1. The van der Waals surface area contributed by atoms with E-state index in [1.807, 2.05) is 18.2 Å². The molecule has 1 heterocycles. The van der Waals surface area contributed by atoms with Gasteiger partial charge in [-0.05, 0) is 31.3 Å². The van der Waals surface area contributed by atoms with Crippen molar-refractivity contribution >= 4 is 21.7 Å². The van der Waals surface area contributed by atoms with Crippen molar-refractivity contribution in [3.05, 3.63) is 28.2 Å². The van der Waals surface area contributed by atoms with Gasteiger partial charge in [0.2, 0.25) is 0 Å². The van der Waals surface area contributed by atoms with Gasteiger partial charge in [0.05, 0.1) is 18.1 Å². The molecule has 2 rings (SSSR count). The van der Waals surface area contributed by atoms with Crippen LogP contribution in [0.25, 0.3) is 0 Å². The molecule has 1 unspecified atom stereocenters. The number of carbonyl (C=O) groups is 1. The van der Waals surface area contributed by atoms with Crippen LogP contribution in [0.5, 0.6) is 5.75 Å². The highest BCUT2D eigenvalue weighted by Crippen LogP contribution is 2.30. The SMILES string of the molecule is CCN(CC)CC1COc2ccc(Br)cc2C1=O. The van der Waals surface area contributed by atoms with Crippen LogP contribution in [0.1, 0.15) is 24.2 Å². The number of benzene rings is 1. The number of nitrogens with zero attached hydrogens (tertiary/aromatic N) is 1. The summed E-state index contributed by atoms with van der Waals surface area (Å²) in [6.07, 6.45) is 0. The number of Topliss-reactive ketones (excluding diaryl/α,β-unsaturated/α-hetero) is 1. The predicted molar refractivity (Wildman–Crippen MR) is 75.2 cm³/mol. The molecule has 0 aromatic heterocycles. The fourth-order valence-electron chi connectivity index (χ4n) is 2.24. The maximum Gasteiger partial charge on any atom is 0.174 e. The fourth-order valence-corrected chi connectivity index (χ4v) is 2.60. The lowest BCUT2D eigenvalue weighted by molar-refractivity contribution is 0.0775. The molecule has 1 aromatic carbocycles. The third-order valence-electron chi connectivity index (χ3n) is 3.39. The summed E-state index contributed by atoms with van der Waals surface area (Å²) in [5.74, 6) is 0.857. The minimum atomic E-state index is -0.0494. The Morgan fingerprint density at radius 3 is 2.78 bits per heavy atom. The maximum absolute atomic E-state index is 12.4. The van der Waals surface area contributed by atoms with Crippen molar-refractivity contribution in [3.8, 4) is 5.75 Å². The third kappa shape index (κ3) is 2.75. The van der Waals surface area contributed by atoms with Crippen LogP contribution in [-0.2, 0) is 0 Å². The Hall–Kier alpha value is -0.870. The highest BCUT2D eigenvalue weighted by molar-refractivity contribution is 9.10. The van der Waals surface area contributed by atoms with Gasteiger partial charge in [-0.1, -0.05) is 29.8 Å². The standard InChI is InChI=1S/C14H18BrNO2/c1-3-16(4-2)8-10-9-18-13-6-5-11(15)7-12(13)14(10)17/h5-7,10H,3-4,8-9H2,1-2H3. The molecule has 0 fully saturated rings. The van der Waals surface area contributed by atoms with Gasteiger partial charge in [-0.15, -0.1) is 0 Å². The molecule has 0 bridgehead atoms. The molecule has 1 aromatic rings. The summed E-state index contributed by atoms with van der Waals surface area (Å²) < 4.78 is 6.60. The lowest BCUT2D eigenvalue weighted by atomic mass is 9.94. The molecule has 1 atom stereocenters. The first-order valence-corrected chi connectivity index (χ1v) is 7.14. The normalized spacial score (nSPS) is 18.7. The van der Waals surface area contributed by atoms with E-state index < -0.39 is 0 Å². The van der Waals surface area contributed by atoms with E-state index in [0.29, 0.717) is 17.9 Å². The van der Waals surface area contributed by atoms with E-state index in [4.69, 9.17) is 4.74 Å². The molecule has 0 saturated heterocycles. The molecule has 0 saturated carbocycles. The number of rotatable bonds is 4. The molecule has 0 aliphatic carbocycles. The summed E-state index contributed by atoms with van der Waals surface area (Å²) in [6.45, 7) is 7.42. The van der Waals surface area contributed by atoms with E-state index in [2.05, 4.69) is 34.7 Å². The second-order valence-corrected chi connectivity index (χ2v) is 5.41.